The third-order valence-corrected chi connectivity index (χ3v) is 2.24. The smallest absolute Gasteiger partial charge is 0.0558 e. The molecule has 14 heavy (non-hydrogen) atoms. The topological polar surface area (TPSA) is 28.4 Å². The Kier molecular flexibility index (Phi) is 4.43. The van der Waals surface area contributed by atoms with E-state index in [0.717, 1.165) is 13.1 Å². The van der Waals surface area contributed by atoms with E-state index in [1.807, 2.05) is 25.4 Å². The second kappa shape index (κ2) is 5.62. The zero-order valence-electron chi connectivity index (χ0n) is 8.69. The molecular formula is C11H18N2O. The highest BCUT2D eigenvalue weighted by Crippen LogP contribution is 2.04. The standard InChI is InChI=1S/C11H18N2O/c1-3-6-13(8-9-14)10-11-5-4-7-12(11)2/h3-5,7,14H,1,6,8-10H2,2H3. The molecule has 0 saturated heterocycles. The van der Waals surface area contributed by atoms with Crippen LogP contribution in [-0.2, 0) is 13.6 Å². The van der Waals surface area contributed by atoms with Crippen molar-refractivity contribution in [2.75, 3.05) is 19.7 Å². The SMILES string of the molecule is C=CCN(CCO)Cc1cccn1C. The van der Waals surface area contributed by atoms with Crippen LogP contribution in [0, 0.1) is 0 Å². The molecule has 0 saturated carbocycles. The Morgan fingerprint density at radius 2 is 2.43 bits per heavy atom. The highest BCUT2D eigenvalue weighted by Gasteiger charge is 2.04. The molecule has 0 aliphatic carbocycles. The Balaban J connectivity index is 2.54. The Morgan fingerprint density at radius 1 is 1.64 bits per heavy atom. The third-order valence-electron chi connectivity index (χ3n) is 2.24. The van der Waals surface area contributed by atoms with Gasteiger partial charge in [-0.1, -0.05) is 6.08 Å². The fourth-order valence-corrected chi connectivity index (χ4v) is 1.45. The first kappa shape index (κ1) is 11.0. The van der Waals surface area contributed by atoms with Crippen LogP contribution in [0.15, 0.2) is 31.0 Å². The lowest BCUT2D eigenvalue weighted by molar-refractivity contribution is 0.201. The minimum Gasteiger partial charge on any atom is -0.395 e. The molecule has 3 heteroatoms. The Bertz CT molecular complexity index is 281. The molecule has 0 aliphatic heterocycles. The van der Waals surface area contributed by atoms with E-state index < -0.39 is 0 Å². The van der Waals surface area contributed by atoms with E-state index in [0.29, 0.717) is 6.54 Å². The molecule has 0 amide bonds. The van der Waals surface area contributed by atoms with Crippen molar-refractivity contribution in [3.8, 4) is 0 Å². The fourth-order valence-electron chi connectivity index (χ4n) is 1.45. The number of hydrogen-bond donors (Lipinski definition) is 1. The second-order valence-corrected chi connectivity index (χ2v) is 3.36. The van der Waals surface area contributed by atoms with Gasteiger partial charge in [0.1, 0.15) is 0 Å². The van der Waals surface area contributed by atoms with Crippen molar-refractivity contribution in [2.45, 2.75) is 6.54 Å². The predicted molar refractivity (Wildman–Crippen MR) is 58.0 cm³/mol. The van der Waals surface area contributed by atoms with E-state index in [1.54, 1.807) is 0 Å². The van der Waals surface area contributed by atoms with Crippen molar-refractivity contribution in [2.24, 2.45) is 7.05 Å². The molecule has 3 nitrogen and oxygen atoms in total. The quantitative estimate of drug-likeness (QED) is 0.684. The van der Waals surface area contributed by atoms with Crippen LogP contribution in [0.3, 0.4) is 0 Å². The normalized spacial score (nSPS) is 10.8. The molecule has 0 spiro atoms. The molecule has 1 aromatic rings. The van der Waals surface area contributed by atoms with Crippen molar-refractivity contribution >= 4 is 0 Å². The van der Waals surface area contributed by atoms with Gasteiger partial charge in [-0.2, -0.15) is 0 Å². The van der Waals surface area contributed by atoms with Gasteiger partial charge in [-0.3, -0.25) is 4.90 Å². The molecule has 78 valence electrons. The van der Waals surface area contributed by atoms with Gasteiger partial charge in [0.15, 0.2) is 0 Å². The summed E-state index contributed by atoms with van der Waals surface area (Å²) in [6.45, 7) is 6.26. The molecule has 0 aliphatic rings. The highest BCUT2D eigenvalue weighted by atomic mass is 16.3. The lowest BCUT2D eigenvalue weighted by Gasteiger charge is -2.19. The molecule has 1 aromatic heterocycles. The second-order valence-electron chi connectivity index (χ2n) is 3.36. The van der Waals surface area contributed by atoms with Crippen LogP contribution in [0.25, 0.3) is 0 Å². The zero-order valence-corrected chi connectivity index (χ0v) is 8.69. The third kappa shape index (κ3) is 3.01. The van der Waals surface area contributed by atoms with Crippen molar-refractivity contribution in [1.29, 1.82) is 0 Å². The van der Waals surface area contributed by atoms with E-state index in [2.05, 4.69) is 22.1 Å². The van der Waals surface area contributed by atoms with Gasteiger partial charge in [0.2, 0.25) is 0 Å². The maximum absolute atomic E-state index is 8.88. The summed E-state index contributed by atoms with van der Waals surface area (Å²) in [6, 6.07) is 4.12. The van der Waals surface area contributed by atoms with Crippen LogP contribution in [0.2, 0.25) is 0 Å². The summed E-state index contributed by atoms with van der Waals surface area (Å²) in [7, 11) is 2.03. The summed E-state index contributed by atoms with van der Waals surface area (Å²) in [5.74, 6) is 0. The van der Waals surface area contributed by atoms with Gasteiger partial charge in [-0.25, -0.2) is 0 Å². The fraction of sp³-hybridized carbons (Fsp3) is 0.455. The first-order chi connectivity index (χ1) is 6.77. The maximum Gasteiger partial charge on any atom is 0.0558 e. The number of aliphatic hydroxyl groups is 1. The zero-order chi connectivity index (χ0) is 10.4. The van der Waals surface area contributed by atoms with Crippen LogP contribution in [-0.4, -0.2) is 34.3 Å². The van der Waals surface area contributed by atoms with Gasteiger partial charge in [0, 0.05) is 38.6 Å². The van der Waals surface area contributed by atoms with Crippen LogP contribution in [0.1, 0.15) is 5.69 Å². The summed E-state index contributed by atoms with van der Waals surface area (Å²) >= 11 is 0. The predicted octanol–water partition coefficient (Wildman–Crippen LogP) is 1.01. The summed E-state index contributed by atoms with van der Waals surface area (Å²) in [6.07, 6.45) is 3.89. The van der Waals surface area contributed by atoms with E-state index in [4.69, 9.17) is 5.11 Å². The first-order valence-electron chi connectivity index (χ1n) is 4.82. The van der Waals surface area contributed by atoms with Crippen molar-refractivity contribution in [3.05, 3.63) is 36.7 Å². The van der Waals surface area contributed by atoms with Gasteiger partial charge in [-0.05, 0) is 12.1 Å². The largest absolute Gasteiger partial charge is 0.395 e. The van der Waals surface area contributed by atoms with Crippen LogP contribution in [0.5, 0.6) is 0 Å². The number of aliphatic hydroxyl groups excluding tert-OH is 1. The van der Waals surface area contributed by atoms with E-state index in [-0.39, 0.29) is 6.61 Å². The molecule has 0 bridgehead atoms. The van der Waals surface area contributed by atoms with Gasteiger partial charge in [0.05, 0.1) is 6.61 Å². The van der Waals surface area contributed by atoms with Gasteiger partial charge >= 0.3 is 0 Å². The van der Waals surface area contributed by atoms with Gasteiger partial charge < -0.3 is 9.67 Å². The number of aromatic nitrogens is 1. The molecule has 1 N–H and O–H groups in total. The maximum atomic E-state index is 8.88. The molecule has 0 aromatic carbocycles. The Labute approximate surface area is 85.3 Å². The first-order valence-corrected chi connectivity index (χ1v) is 4.82. The summed E-state index contributed by atoms with van der Waals surface area (Å²) in [5.41, 5.74) is 1.25. The lowest BCUT2D eigenvalue weighted by Crippen LogP contribution is -2.27. The van der Waals surface area contributed by atoms with Crippen LogP contribution in [0.4, 0.5) is 0 Å². The molecular weight excluding hydrogens is 176 g/mol. The van der Waals surface area contributed by atoms with Crippen LogP contribution < -0.4 is 0 Å². The molecule has 0 unspecified atom stereocenters. The summed E-state index contributed by atoms with van der Waals surface area (Å²) in [5, 5.41) is 8.88. The molecule has 0 fully saturated rings. The average Bonchev–Trinajstić information content (AvgIpc) is 2.53. The minimum atomic E-state index is 0.193. The number of nitrogens with zero attached hydrogens (tertiary/aromatic N) is 2. The number of aryl methyl sites for hydroxylation is 1. The van der Waals surface area contributed by atoms with E-state index in [9.17, 15) is 0 Å². The lowest BCUT2D eigenvalue weighted by atomic mass is 10.3. The Hall–Kier alpha value is -1.06. The Morgan fingerprint density at radius 3 is 2.93 bits per heavy atom. The van der Waals surface area contributed by atoms with Crippen molar-refractivity contribution in [1.82, 2.24) is 9.47 Å². The number of rotatable bonds is 6. The van der Waals surface area contributed by atoms with Crippen molar-refractivity contribution in [3.63, 3.8) is 0 Å². The average molecular weight is 194 g/mol. The monoisotopic (exact) mass is 194 g/mol. The molecule has 1 rings (SSSR count). The molecule has 0 atom stereocenters. The van der Waals surface area contributed by atoms with E-state index >= 15 is 0 Å². The van der Waals surface area contributed by atoms with E-state index in [1.165, 1.54) is 5.69 Å². The molecule has 1 heterocycles. The summed E-state index contributed by atoms with van der Waals surface area (Å²) in [4.78, 5) is 2.16. The van der Waals surface area contributed by atoms with Gasteiger partial charge in [0.25, 0.3) is 0 Å². The van der Waals surface area contributed by atoms with Gasteiger partial charge in [-0.15, -0.1) is 6.58 Å². The highest BCUT2D eigenvalue weighted by molar-refractivity contribution is 5.06. The minimum absolute atomic E-state index is 0.193. The van der Waals surface area contributed by atoms with Crippen LogP contribution >= 0.6 is 0 Å². The van der Waals surface area contributed by atoms with Crippen molar-refractivity contribution < 1.29 is 5.11 Å². The number of hydrogen-bond acceptors (Lipinski definition) is 2. The summed E-state index contributed by atoms with van der Waals surface area (Å²) < 4.78 is 2.09. The molecule has 0 radical (unpaired) electrons.